The summed E-state index contributed by atoms with van der Waals surface area (Å²) in [6.45, 7) is 1.57. The van der Waals surface area contributed by atoms with Gasteiger partial charge in [0.15, 0.2) is 5.79 Å². The molecule has 0 radical (unpaired) electrons. The van der Waals surface area contributed by atoms with Gasteiger partial charge in [0.05, 0.1) is 13.2 Å². The van der Waals surface area contributed by atoms with Crippen LogP contribution < -0.4 is 0 Å². The average Bonchev–Trinajstić information content (AvgIpc) is 2.39. The summed E-state index contributed by atoms with van der Waals surface area (Å²) in [6, 6.07) is 0. The summed E-state index contributed by atoms with van der Waals surface area (Å²) < 4.78 is 11.0. The largest absolute Gasteiger partial charge is 0.346 e. The number of rotatable bonds is 0. The van der Waals surface area contributed by atoms with E-state index < -0.39 is 0 Å². The smallest absolute Gasteiger partial charge is 0.188 e. The highest BCUT2D eigenvalue weighted by atomic mass is 16.7. The quantitative estimate of drug-likeness (QED) is 0.474. The van der Waals surface area contributed by atoms with Crippen molar-refractivity contribution in [1.29, 1.82) is 0 Å². The molecule has 10 heavy (non-hydrogen) atoms. The highest BCUT2D eigenvalue weighted by Crippen LogP contribution is 2.30. The molecular formula is C8H12O2. The second-order valence-corrected chi connectivity index (χ2v) is 2.83. The summed E-state index contributed by atoms with van der Waals surface area (Å²) in [5.74, 6) is -0.307. The molecule has 2 rings (SSSR count). The second kappa shape index (κ2) is 2.36. The van der Waals surface area contributed by atoms with Crippen molar-refractivity contribution in [2.45, 2.75) is 25.0 Å². The third-order valence-electron chi connectivity index (χ3n) is 2.06. The molecule has 56 valence electrons. The van der Waals surface area contributed by atoms with Crippen LogP contribution in [0.3, 0.4) is 0 Å². The highest BCUT2D eigenvalue weighted by molar-refractivity contribution is 5.03. The first kappa shape index (κ1) is 6.38. The van der Waals surface area contributed by atoms with Crippen molar-refractivity contribution in [3.8, 4) is 0 Å². The van der Waals surface area contributed by atoms with Crippen LogP contribution in [0.4, 0.5) is 0 Å². The van der Waals surface area contributed by atoms with E-state index in [9.17, 15) is 0 Å². The van der Waals surface area contributed by atoms with Crippen LogP contribution in [0, 0.1) is 0 Å². The lowest BCUT2D eigenvalue weighted by atomic mass is 10.1. The van der Waals surface area contributed by atoms with Gasteiger partial charge in [0.1, 0.15) is 0 Å². The summed E-state index contributed by atoms with van der Waals surface area (Å²) in [5, 5.41) is 0. The summed E-state index contributed by atoms with van der Waals surface area (Å²) in [4.78, 5) is 0. The van der Waals surface area contributed by atoms with Crippen LogP contribution in [-0.2, 0) is 9.47 Å². The van der Waals surface area contributed by atoms with Gasteiger partial charge in [0, 0.05) is 6.42 Å². The zero-order chi connectivity index (χ0) is 6.86. The van der Waals surface area contributed by atoms with Crippen molar-refractivity contribution in [3.05, 3.63) is 12.2 Å². The van der Waals surface area contributed by atoms with Gasteiger partial charge in [0.25, 0.3) is 0 Å². The summed E-state index contributed by atoms with van der Waals surface area (Å²) in [5.41, 5.74) is 0. The maximum absolute atomic E-state index is 5.52. The molecule has 1 spiro atoms. The van der Waals surface area contributed by atoms with E-state index in [1.807, 2.05) is 12.2 Å². The van der Waals surface area contributed by atoms with E-state index in [-0.39, 0.29) is 5.79 Å². The monoisotopic (exact) mass is 140 g/mol. The Balaban J connectivity index is 2.05. The topological polar surface area (TPSA) is 18.5 Å². The molecule has 0 aliphatic carbocycles. The molecule has 0 aromatic carbocycles. The average molecular weight is 140 g/mol. The van der Waals surface area contributed by atoms with E-state index in [4.69, 9.17) is 9.47 Å². The Morgan fingerprint density at radius 1 is 1.20 bits per heavy atom. The Hall–Kier alpha value is -0.340. The zero-order valence-electron chi connectivity index (χ0n) is 6.01. The van der Waals surface area contributed by atoms with E-state index in [2.05, 4.69) is 0 Å². The molecule has 2 heteroatoms. The number of hydrogen-bond donors (Lipinski definition) is 0. The van der Waals surface area contributed by atoms with E-state index in [1.165, 1.54) is 12.8 Å². The molecule has 0 aromatic heterocycles. The first-order chi connectivity index (χ1) is 4.91. The summed E-state index contributed by atoms with van der Waals surface area (Å²) in [7, 11) is 0. The van der Waals surface area contributed by atoms with Crippen LogP contribution in [0.2, 0.25) is 0 Å². The summed E-state index contributed by atoms with van der Waals surface area (Å²) >= 11 is 0. The van der Waals surface area contributed by atoms with Gasteiger partial charge in [-0.05, 0) is 18.9 Å². The Morgan fingerprint density at radius 2 is 2.20 bits per heavy atom. The predicted octanol–water partition coefficient (Wildman–Crippen LogP) is 1.47. The van der Waals surface area contributed by atoms with Crippen molar-refractivity contribution in [1.82, 2.24) is 0 Å². The van der Waals surface area contributed by atoms with Gasteiger partial charge in [-0.25, -0.2) is 0 Å². The normalized spacial score (nSPS) is 39.2. The fourth-order valence-electron chi connectivity index (χ4n) is 1.50. The lowest BCUT2D eigenvalue weighted by molar-refractivity contribution is -0.207. The van der Waals surface area contributed by atoms with E-state index in [0.717, 1.165) is 19.6 Å². The van der Waals surface area contributed by atoms with Crippen molar-refractivity contribution in [2.75, 3.05) is 13.2 Å². The third-order valence-corrected chi connectivity index (χ3v) is 2.06. The fraction of sp³-hybridized carbons (Fsp3) is 0.750. The lowest BCUT2D eigenvalue weighted by Crippen LogP contribution is -2.34. The SMILES string of the molecule is C1=C[C@@]2(CCCCO2)OC1. The van der Waals surface area contributed by atoms with Crippen LogP contribution in [0.5, 0.6) is 0 Å². The molecule has 2 heterocycles. The third kappa shape index (κ3) is 0.976. The maximum atomic E-state index is 5.52. The van der Waals surface area contributed by atoms with Crippen molar-refractivity contribution in [2.24, 2.45) is 0 Å². The summed E-state index contributed by atoms with van der Waals surface area (Å²) in [6.07, 6.45) is 7.52. The molecule has 1 fully saturated rings. The molecule has 0 unspecified atom stereocenters. The van der Waals surface area contributed by atoms with Crippen molar-refractivity contribution in [3.63, 3.8) is 0 Å². The Labute approximate surface area is 60.8 Å². The van der Waals surface area contributed by atoms with Crippen molar-refractivity contribution < 1.29 is 9.47 Å². The fourth-order valence-corrected chi connectivity index (χ4v) is 1.50. The van der Waals surface area contributed by atoms with E-state index >= 15 is 0 Å². The van der Waals surface area contributed by atoms with Gasteiger partial charge in [-0.15, -0.1) is 0 Å². The molecule has 1 atom stereocenters. The molecule has 0 aromatic rings. The molecule has 0 amide bonds. The number of ether oxygens (including phenoxy) is 2. The van der Waals surface area contributed by atoms with Gasteiger partial charge in [-0.2, -0.15) is 0 Å². The van der Waals surface area contributed by atoms with Gasteiger partial charge in [-0.3, -0.25) is 0 Å². The highest BCUT2D eigenvalue weighted by Gasteiger charge is 2.33. The lowest BCUT2D eigenvalue weighted by Gasteiger charge is -2.31. The maximum Gasteiger partial charge on any atom is 0.188 e. The zero-order valence-corrected chi connectivity index (χ0v) is 6.01. The molecule has 0 saturated carbocycles. The van der Waals surface area contributed by atoms with Crippen molar-refractivity contribution >= 4 is 0 Å². The van der Waals surface area contributed by atoms with Gasteiger partial charge >= 0.3 is 0 Å². The minimum atomic E-state index is -0.307. The Bertz CT molecular complexity index is 145. The standard InChI is InChI=1S/C8H12O2/c1-2-6-9-8(4-1)5-3-7-10-8/h3,5H,1-2,4,6-7H2/t8-/m1/s1. The minimum absolute atomic E-state index is 0.307. The van der Waals surface area contributed by atoms with Crippen LogP contribution >= 0.6 is 0 Å². The Morgan fingerprint density at radius 3 is 2.80 bits per heavy atom. The first-order valence-corrected chi connectivity index (χ1v) is 3.87. The molecule has 0 bridgehead atoms. The minimum Gasteiger partial charge on any atom is -0.346 e. The molecule has 2 nitrogen and oxygen atoms in total. The van der Waals surface area contributed by atoms with Gasteiger partial charge < -0.3 is 9.47 Å². The van der Waals surface area contributed by atoms with Gasteiger partial charge in [-0.1, -0.05) is 6.08 Å². The molecular weight excluding hydrogens is 128 g/mol. The molecule has 0 N–H and O–H groups in total. The Kier molecular flexibility index (Phi) is 1.51. The molecule has 2 aliphatic heterocycles. The number of hydrogen-bond acceptors (Lipinski definition) is 2. The van der Waals surface area contributed by atoms with Crippen LogP contribution in [0.1, 0.15) is 19.3 Å². The first-order valence-electron chi connectivity index (χ1n) is 3.87. The molecule has 1 saturated heterocycles. The predicted molar refractivity (Wildman–Crippen MR) is 37.6 cm³/mol. The molecule has 2 aliphatic rings. The second-order valence-electron chi connectivity index (χ2n) is 2.83. The van der Waals surface area contributed by atoms with Crippen LogP contribution in [0.15, 0.2) is 12.2 Å². The van der Waals surface area contributed by atoms with E-state index in [1.54, 1.807) is 0 Å². The van der Waals surface area contributed by atoms with Crippen LogP contribution in [0.25, 0.3) is 0 Å². The van der Waals surface area contributed by atoms with Gasteiger partial charge in [0.2, 0.25) is 0 Å². The van der Waals surface area contributed by atoms with Crippen LogP contribution in [-0.4, -0.2) is 19.0 Å². The van der Waals surface area contributed by atoms with E-state index in [0.29, 0.717) is 0 Å².